The molecule has 16 heavy (non-hydrogen) atoms. The van der Waals surface area contributed by atoms with Gasteiger partial charge in [0.25, 0.3) is 0 Å². The predicted octanol–water partition coefficient (Wildman–Crippen LogP) is 2.01. The third-order valence-electron chi connectivity index (χ3n) is 3.27. The first-order valence-corrected chi connectivity index (χ1v) is 5.92. The molecule has 0 amide bonds. The molecule has 2 rings (SSSR count). The summed E-state index contributed by atoms with van der Waals surface area (Å²) in [6.45, 7) is 2.82. The summed E-state index contributed by atoms with van der Waals surface area (Å²) in [5.41, 5.74) is 0.805. The van der Waals surface area contributed by atoms with Gasteiger partial charge in [-0.3, -0.25) is 4.90 Å². The van der Waals surface area contributed by atoms with Crippen molar-refractivity contribution in [1.29, 1.82) is 0 Å². The fourth-order valence-electron chi connectivity index (χ4n) is 2.30. The van der Waals surface area contributed by atoms with Crippen molar-refractivity contribution < 1.29 is 4.39 Å². The van der Waals surface area contributed by atoms with Crippen LogP contribution in [0.5, 0.6) is 0 Å². The van der Waals surface area contributed by atoms with Gasteiger partial charge in [-0.05, 0) is 32.5 Å². The van der Waals surface area contributed by atoms with Gasteiger partial charge in [-0.25, -0.2) is 4.39 Å². The molecule has 0 aliphatic carbocycles. The quantitative estimate of drug-likeness (QED) is 0.841. The van der Waals surface area contributed by atoms with Gasteiger partial charge in [-0.1, -0.05) is 18.2 Å². The molecular weight excluding hydrogens is 203 g/mol. The lowest BCUT2D eigenvalue weighted by Crippen LogP contribution is -2.43. The Kier molecular flexibility index (Phi) is 3.91. The number of hydrogen-bond donors (Lipinski definition) is 1. The van der Waals surface area contributed by atoms with Crippen LogP contribution in [-0.2, 0) is 6.54 Å². The topological polar surface area (TPSA) is 15.3 Å². The largest absolute Gasteiger partial charge is 0.316 e. The number of likely N-dealkylation sites (tertiary alicyclic amines) is 1. The summed E-state index contributed by atoms with van der Waals surface area (Å²) in [6, 6.07) is 7.61. The molecule has 1 fully saturated rings. The molecule has 1 aromatic rings. The highest BCUT2D eigenvalue weighted by Gasteiger charge is 2.18. The minimum Gasteiger partial charge on any atom is -0.316 e. The van der Waals surface area contributed by atoms with Gasteiger partial charge in [0, 0.05) is 24.7 Å². The Labute approximate surface area is 96.5 Å². The summed E-state index contributed by atoms with van der Waals surface area (Å²) in [7, 11) is 2.00. The summed E-state index contributed by atoms with van der Waals surface area (Å²) in [4.78, 5) is 2.32. The van der Waals surface area contributed by atoms with Gasteiger partial charge < -0.3 is 5.32 Å². The molecule has 1 unspecified atom stereocenters. The van der Waals surface area contributed by atoms with Crippen LogP contribution in [0, 0.1) is 5.82 Å². The minimum atomic E-state index is -0.0888. The standard InChI is InChI=1S/C13H19FN2/c1-15-12-6-4-8-16(10-12)9-11-5-2-3-7-13(11)14/h2-3,5,7,12,15H,4,6,8-10H2,1H3. The van der Waals surface area contributed by atoms with E-state index in [-0.39, 0.29) is 5.82 Å². The highest BCUT2D eigenvalue weighted by molar-refractivity contribution is 5.17. The lowest BCUT2D eigenvalue weighted by Gasteiger charge is -2.32. The van der Waals surface area contributed by atoms with Crippen molar-refractivity contribution in [2.45, 2.75) is 25.4 Å². The third kappa shape index (κ3) is 2.80. The van der Waals surface area contributed by atoms with Gasteiger partial charge in [0.1, 0.15) is 5.82 Å². The summed E-state index contributed by atoms with van der Waals surface area (Å²) in [5.74, 6) is -0.0888. The number of benzene rings is 1. The van der Waals surface area contributed by atoms with Crippen molar-refractivity contribution >= 4 is 0 Å². The second kappa shape index (κ2) is 5.41. The summed E-state index contributed by atoms with van der Waals surface area (Å²) >= 11 is 0. The van der Waals surface area contributed by atoms with Gasteiger partial charge in [-0.15, -0.1) is 0 Å². The lowest BCUT2D eigenvalue weighted by atomic mass is 10.0. The van der Waals surface area contributed by atoms with Gasteiger partial charge in [-0.2, -0.15) is 0 Å². The Morgan fingerprint density at radius 1 is 1.44 bits per heavy atom. The van der Waals surface area contributed by atoms with Crippen molar-refractivity contribution in [3.63, 3.8) is 0 Å². The number of halogens is 1. The van der Waals surface area contributed by atoms with Crippen LogP contribution in [0.3, 0.4) is 0 Å². The Hall–Kier alpha value is -0.930. The first-order valence-electron chi connectivity index (χ1n) is 5.92. The molecule has 0 saturated carbocycles. The van der Waals surface area contributed by atoms with Gasteiger partial charge in [0.05, 0.1) is 0 Å². The highest BCUT2D eigenvalue weighted by atomic mass is 19.1. The average molecular weight is 222 g/mol. The van der Waals surface area contributed by atoms with Crippen LogP contribution >= 0.6 is 0 Å². The molecule has 1 saturated heterocycles. The second-order valence-corrected chi connectivity index (χ2v) is 4.45. The van der Waals surface area contributed by atoms with E-state index in [9.17, 15) is 4.39 Å². The zero-order chi connectivity index (χ0) is 11.4. The van der Waals surface area contributed by atoms with Crippen molar-refractivity contribution in [2.24, 2.45) is 0 Å². The van der Waals surface area contributed by atoms with Crippen molar-refractivity contribution in [3.8, 4) is 0 Å². The van der Waals surface area contributed by atoms with Crippen LogP contribution in [0.1, 0.15) is 18.4 Å². The molecule has 0 spiro atoms. The van der Waals surface area contributed by atoms with E-state index in [0.29, 0.717) is 6.04 Å². The van der Waals surface area contributed by atoms with Crippen LogP contribution in [0.4, 0.5) is 4.39 Å². The highest BCUT2D eigenvalue weighted by Crippen LogP contribution is 2.15. The smallest absolute Gasteiger partial charge is 0.127 e. The SMILES string of the molecule is CNC1CCCN(Cc2ccccc2F)C1. The van der Waals surface area contributed by atoms with E-state index in [1.165, 1.54) is 18.9 Å². The van der Waals surface area contributed by atoms with E-state index in [0.717, 1.165) is 25.2 Å². The van der Waals surface area contributed by atoms with Crippen LogP contribution in [0.15, 0.2) is 24.3 Å². The lowest BCUT2D eigenvalue weighted by molar-refractivity contribution is 0.186. The predicted molar refractivity (Wildman–Crippen MR) is 63.8 cm³/mol. The maximum atomic E-state index is 13.5. The summed E-state index contributed by atoms with van der Waals surface area (Å²) in [6.07, 6.45) is 2.42. The Morgan fingerprint density at radius 3 is 3.00 bits per heavy atom. The zero-order valence-electron chi connectivity index (χ0n) is 9.75. The first kappa shape index (κ1) is 11.6. The van der Waals surface area contributed by atoms with Crippen LogP contribution in [0.25, 0.3) is 0 Å². The van der Waals surface area contributed by atoms with Crippen molar-refractivity contribution in [1.82, 2.24) is 10.2 Å². The molecule has 2 nitrogen and oxygen atoms in total. The summed E-state index contributed by atoms with van der Waals surface area (Å²) in [5, 5.41) is 3.30. The van der Waals surface area contributed by atoms with E-state index in [4.69, 9.17) is 0 Å². The molecule has 0 aromatic heterocycles. The van der Waals surface area contributed by atoms with Gasteiger partial charge in [0.15, 0.2) is 0 Å². The van der Waals surface area contributed by atoms with Gasteiger partial charge >= 0.3 is 0 Å². The monoisotopic (exact) mass is 222 g/mol. The molecule has 1 N–H and O–H groups in total. The molecule has 3 heteroatoms. The van der Waals surface area contributed by atoms with E-state index in [1.54, 1.807) is 6.07 Å². The minimum absolute atomic E-state index is 0.0888. The normalized spacial score (nSPS) is 22.2. The molecule has 88 valence electrons. The van der Waals surface area contributed by atoms with Crippen LogP contribution in [0.2, 0.25) is 0 Å². The maximum Gasteiger partial charge on any atom is 0.127 e. The summed E-state index contributed by atoms with van der Waals surface area (Å²) < 4.78 is 13.5. The Morgan fingerprint density at radius 2 is 2.25 bits per heavy atom. The molecule has 1 heterocycles. The first-order chi connectivity index (χ1) is 7.79. The molecule has 0 radical (unpaired) electrons. The Balaban J connectivity index is 1.97. The Bertz CT molecular complexity index is 340. The number of piperidine rings is 1. The van der Waals surface area contributed by atoms with E-state index in [2.05, 4.69) is 10.2 Å². The molecule has 1 aliphatic heterocycles. The maximum absolute atomic E-state index is 13.5. The fraction of sp³-hybridized carbons (Fsp3) is 0.538. The fourth-order valence-corrected chi connectivity index (χ4v) is 2.30. The van der Waals surface area contributed by atoms with Crippen LogP contribution in [-0.4, -0.2) is 31.1 Å². The average Bonchev–Trinajstić information content (AvgIpc) is 2.32. The van der Waals surface area contributed by atoms with Crippen LogP contribution < -0.4 is 5.32 Å². The molecule has 1 aliphatic rings. The number of likely N-dealkylation sites (N-methyl/N-ethyl adjacent to an activating group) is 1. The van der Waals surface area contributed by atoms with Crippen molar-refractivity contribution in [2.75, 3.05) is 20.1 Å². The molecule has 1 aromatic carbocycles. The molecule has 1 atom stereocenters. The number of nitrogens with one attached hydrogen (secondary N) is 1. The number of rotatable bonds is 3. The second-order valence-electron chi connectivity index (χ2n) is 4.45. The van der Waals surface area contributed by atoms with Gasteiger partial charge in [0.2, 0.25) is 0 Å². The molecular formula is C13H19FN2. The molecule has 0 bridgehead atoms. The zero-order valence-corrected chi connectivity index (χ0v) is 9.75. The number of nitrogens with zero attached hydrogens (tertiary/aromatic N) is 1. The number of hydrogen-bond acceptors (Lipinski definition) is 2. The van der Waals surface area contributed by atoms with E-state index < -0.39 is 0 Å². The third-order valence-corrected chi connectivity index (χ3v) is 3.27. The van der Waals surface area contributed by atoms with E-state index in [1.807, 2.05) is 19.2 Å². The van der Waals surface area contributed by atoms with E-state index >= 15 is 0 Å². The van der Waals surface area contributed by atoms with Crippen molar-refractivity contribution in [3.05, 3.63) is 35.6 Å².